The van der Waals surface area contributed by atoms with Crippen LogP contribution in [0.25, 0.3) is 0 Å². The number of aliphatic hydroxyl groups is 1. The van der Waals surface area contributed by atoms with Crippen LogP contribution in [0, 0.1) is 13.8 Å². The van der Waals surface area contributed by atoms with Crippen LogP contribution < -0.4 is 10.1 Å². The number of aliphatic hydroxyl groups excluding tert-OH is 1. The molecule has 0 radical (unpaired) electrons. The average molecular weight is 291 g/mol. The highest BCUT2D eigenvalue weighted by atomic mass is 16.5. The van der Waals surface area contributed by atoms with Crippen molar-refractivity contribution < 1.29 is 9.84 Å². The standard InChI is InChI=1S/C18H29NO2/c1-14-6-9-17(15(2)12-14)21-11-5-4-10-18(3,13-20)19-16-7-8-16/h6,9,12,16,19-20H,4-5,7-8,10-11,13H2,1-3H3. The van der Waals surface area contributed by atoms with Gasteiger partial charge >= 0.3 is 0 Å². The summed E-state index contributed by atoms with van der Waals surface area (Å²) in [5.74, 6) is 0.988. The van der Waals surface area contributed by atoms with Gasteiger partial charge < -0.3 is 15.2 Å². The molecule has 1 saturated carbocycles. The zero-order valence-corrected chi connectivity index (χ0v) is 13.6. The van der Waals surface area contributed by atoms with E-state index in [4.69, 9.17) is 4.74 Å². The zero-order valence-electron chi connectivity index (χ0n) is 13.6. The van der Waals surface area contributed by atoms with Crippen LogP contribution in [0.15, 0.2) is 18.2 Å². The van der Waals surface area contributed by atoms with Gasteiger partial charge in [-0.3, -0.25) is 0 Å². The SMILES string of the molecule is Cc1ccc(OCCCCC(C)(CO)NC2CC2)c(C)c1. The average Bonchev–Trinajstić information content (AvgIpc) is 3.24. The Hall–Kier alpha value is -1.06. The number of ether oxygens (including phenoxy) is 1. The summed E-state index contributed by atoms with van der Waals surface area (Å²) in [5, 5.41) is 13.1. The lowest BCUT2D eigenvalue weighted by atomic mass is 9.95. The van der Waals surface area contributed by atoms with Gasteiger partial charge in [0, 0.05) is 11.6 Å². The Kier molecular flexibility index (Phi) is 5.65. The zero-order chi connectivity index (χ0) is 15.3. The van der Waals surface area contributed by atoms with Gasteiger partial charge in [-0.1, -0.05) is 17.7 Å². The molecule has 0 aliphatic heterocycles. The lowest BCUT2D eigenvalue weighted by Crippen LogP contribution is -2.46. The van der Waals surface area contributed by atoms with E-state index in [9.17, 15) is 5.11 Å². The number of aryl methyl sites for hydroxylation is 2. The first-order valence-corrected chi connectivity index (χ1v) is 8.11. The third kappa shape index (κ3) is 5.33. The summed E-state index contributed by atoms with van der Waals surface area (Å²) in [4.78, 5) is 0. The molecule has 1 aromatic carbocycles. The molecule has 1 unspecified atom stereocenters. The van der Waals surface area contributed by atoms with Crippen LogP contribution in [-0.2, 0) is 0 Å². The second-order valence-electron chi connectivity index (χ2n) is 6.71. The summed E-state index contributed by atoms with van der Waals surface area (Å²) in [6, 6.07) is 6.92. The Labute approximate surface area is 128 Å². The summed E-state index contributed by atoms with van der Waals surface area (Å²) >= 11 is 0. The molecule has 3 nitrogen and oxygen atoms in total. The molecule has 1 aromatic rings. The molecule has 0 bridgehead atoms. The van der Waals surface area contributed by atoms with E-state index in [1.54, 1.807) is 0 Å². The summed E-state index contributed by atoms with van der Waals surface area (Å²) in [6.07, 6.45) is 5.60. The third-order valence-corrected chi connectivity index (χ3v) is 4.19. The second kappa shape index (κ2) is 7.28. The van der Waals surface area contributed by atoms with Crippen molar-refractivity contribution in [3.8, 4) is 5.75 Å². The fraction of sp³-hybridized carbons (Fsp3) is 0.667. The van der Waals surface area contributed by atoms with E-state index in [-0.39, 0.29) is 12.1 Å². The maximum atomic E-state index is 9.57. The van der Waals surface area contributed by atoms with Gasteiger partial charge in [0.25, 0.3) is 0 Å². The summed E-state index contributed by atoms with van der Waals surface area (Å²) in [7, 11) is 0. The van der Waals surface area contributed by atoms with E-state index in [2.05, 4.69) is 44.3 Å². The van der Waals surface area contributed by atoms with E-state index in [0.717, 1.165) is 31.6 Å². The first-order valence-electron chi connectivity index (χ1n) is 8.11. The first kappa shape index (κ1) is 16.3. The number of hydrogen-bond acceptors (Lipinski definition) is 3. The largest absolute Gasteiger partial charge is 0.493 e. The lowest BCUT2D eigenvalue weighted by Gasteiger charge is -2.29. The highest BCUT2D eigenvalue weighted by molar-refractivity contribution is 5.35. The van der Waals surface area contributed by atoms with Gasteiger partial charge in [0.2, 0.25) is 0 Å². The minimum Gasteiger partial charge on any atom is -0.493 e. The Balaban J connectivity index is 1.66. The van der Waals surface area contributed by atoms with Crippen molar-refractivity contribution >= 4 is 0 Å². The molecule has 0 spiro atoms. The molecule has 0 aromatic heterocycles. The quantitative estimate of drug-likeness (QED) is 0.686. The molecule has 0 heterocycles. The van der Waals surface area contributed by atoms with Crippen LogP contribution in [0.2, 0.25) is 0 Å². The molecular formula is C18H29NO2. The van der Waals surface area contributed by atoms with Crippen molar-refractivity contribution in [2.75, 3.05) is 13.2 Å². The Bertz CT molecular complexity index is 457. The van der Waals surface area contributed by atoms with Gasteiger partial charge in [0.1, 0.15) is 5.75 Å². The van der Waals surface area contributed by atoms with Crippen molar-refractivity contribution in [2.24, 2.45) is 0 Å². The maximum absolute atomic E-state index is 9.57. The summed E-state index contributed by atoms with van der Waals surface area (Å²) in [5.41, 5.74) is 2.34. The molecule has 0 saturated heterocycles. The second-order valence-corrected chi connectivity index (χ2v) is 6.71. The van der Waals surface area contributed by atoms with E-state index in [0.29, 0.717) is 6.04 Å². The molecule has 21 heavy (non-hydrogen) atoms. The molecule has 1 aliphatic rings. The van der Waals surface area contributed by atoms with Crippen molar-refractivity contribution in [3.05, 3.63) is 29.3 Å². The van der Waals surface area contributed by atoms with Crippen LogP contribution in [-0.4, -0.2) is 29.9 Å². The van der Waals surface area contributed by atoms with Gasteiger partial charge in [-0.15, -0.1) is 0 Å². The molecular weight excluding hydrogens is 262 g/mol. The first-order chi connectivity index (χ1) is 10.0. The monoisotopic (exact) mass is 291 g/mol. The van der Waals surface area contributed by atoms with Crippen LogP contribution in [0.5, 0.6) is 5.75 Å². The van der Waals surface area contributed by atoms with Gasteiger partial charge in [-0.05, 0) is 64.5 Å². The minimum absolute atomic E-state index is 0.124. The van der Waals surface area contributed by atoms with Crippen molar-refractivity contribution in [2.45, 2.75) is 64.5 Å². The van der Waals surface area contributed by atoms with Gasteiger partial charge in [-0.25, -0.2) is 0 Å². The summed E-state index contributed by atoms with van der Waals surface area (Å²) < 4.78 is 5.85. The van der Waals surface area contributed by atoms with Crippen LogP contribution in [0.4, 0.5) is 0 Å². The summed E-state index contributed by atoms with van der Waals surface area (Å²) in [6.45, 7) is 7.26. The van der Waals surface area contributed by atoms with Crippen LogP contribution in [0.1, 0.15) is 50.2 Å². The van der Waals surface area contributed by atoms with Gasteiger partial charge in [0.15, 0.2) is 0 Å². The molecule has 1 fully saturated rings. The van der Waals surface area contributed by atoms with E-state index < -0.39 is 0 Å². The smallest absolute Gasteiger partial charge is 0.122 e. The highest BCUT2D eigenvalue weighted by Gasteiger charge is 2.31. The highest BCUT2D eigenvalue weighted by Crippen LogP contribution is 2.25. The normalized spacial score (nSPS) is 17.5. The van der Waals surface area contributed by atoms with Crippen molar-refractivity contribution in [1.82, 2.24) is 5.32 Å². The minimum atomic E-state index is -0.124. The molecule has 118 valence electrons. The Morgan fingerprint density at radius 3 is 2.67 bits per heavy atom. The van der Waals surface area contributed by atoms with E-state index in [1.807, 2.05) is 0 Å². The fourth-order valence-corrected chi connectivity index (χ4v) is 2.68. The number of nitrogens with one attached hydrogen (secondary N) is 1. The van der Waals surface area contributed by atoms with Crippen molar-refractivity contribution in [3.63, 3.8) is 0 Å². The number of hydrogen-bond donors (Lipinski definition) is 2. The molecule has 1 atom stereocenters. The van der Waals surface area contributed by atoms with Crippen LogP contribution >= 0.6 is 0 Å². The number of benzene rings is 1. The molecule has 0 amide bonds. The molecule has 2 rings (SSSR count). The fourth-order valence-electron chi connectivity index (χ4n) is 2.68. The van der Waals surface area contributed by atoms with E-state index >= 15 is 0 Å². The maximum Gasteiger partial charge on any atom is 0.122 e. The van der Waals surface area contributed by atoms with E-state index in [1.165, 1.54) is 24.0 Å². The van der Waals surface area contributed by atoms with Gasteiger partial charge in [-0.2, -0.15) is 0 Å². The Morgan fingerprint density at radius 1 is 1.29 bits per heavy atom. The topological polar surface area (TPSA) is 41.5 Å². The predicted molar refractivity (Wildman–Crippen MR) is 86.9 cm³/mol. The third-order valence-electron chi connectivity index (χ3n) is 4.19. The number of rotatable bonds is 9. The van der Waals surface area contributed by atoms with Crippen LogP contribution in [0.3, 0.4) is 0 Å². The Morgan fingerprint density at radius 2 is 2.05 bits per heavy atom. The van der Waals surface area contributed by atoms with Gasteiger partial charge in [0.05, 0.1) is 13.2 Å². The predicted octanol–water partition coefficient (Wildman–Crippen LogP) is 3.36. The number of unbranched alkanes of at least 4 members (excludes halogenated alkanes) is 1. The van der Waals surface area contributed by atoms with Crippen molar-refractivity contribution in [1.29, 1.82) is 0 Å². The molecule has 2 N–H and O–H groups in total. The molecule has 3 heteroatoms. The molecule has 1 aliphatic carbocycles. The lowest BCUT2D eigenvalue weighted by molar-refractivity contribution is 0.158.